The van der Waals surface area contributed by atoms with Gasteiger partial charge in [-0.3, -0.25) is 19.1 Å². The Hall–Kier alpha value is -4.90. The van der Waals surface area contributed by atoms with Crippen LogP contribution in [0.4, 0.5) is 16.0 Å². The Labute approximate surface area is 248 Å². The number of hydrogen-bond donors (Lipinski definition) is 2. The summed E-state index contributed by atoms with van der Waals surface area (Å²) in [6.07, 6.45) is 11.0. The molecule has 1 aromatic carbocycles. The summed E-state index contributed by atoms with van der Waals surface area (Å²) in [7, 11) is 1.67. The van der Waals surface area contributed by atoms with Gasteiger partial charge in [0.2, 0.25) is 5.91 Å². The molecule has 11 heteroatoms. The van der Waals surface area contributed by atoms with E-state index in [9.17, 15) is 14.0 Å². The van der Waals surface area contributed by atoms with E-state index in [0.29, 0.717) is 5.69 Å². The van der Waals surface area contributed by atoms with E-state index in [1.165, 1.54) is 12.1 Å². The van der Waals surface area contributed by atoms with Gasteiger partial charge in [0, 0.05) is 42.6 Å². The molecule has 1 saturated heterocycles. The molecule has 43 heavy (non-hydrogen) atoms. The van der Waals surface area contributed by atoms with Gasteiger partial charge in [-0.1, -0.05) is 0 Å². The number of hydrogen-bond acceptors (Lipinski definition) is 7. The molecule has 1 unspecified atom stereocenters. The number of likely N-dealkylation sites (N-methyl/N-ethyl adjacent to an activating group) is 1. The lowest BCUT2D eigenvalue weighted by atomic mass is 10.1. The minimum absolute atomic E-state index is 0.0529. The molecule has 4 aromatic heterocycles. The van der Waals surface area contributed by atoms with Crippen molar-refractivity contribution in [1.82, 2.24) is 29.4 Å². The summed E-state index contributed by atoms with van der Waals surface area (Å²) in [5.41, 5.74) is 4.30. The van der Waals surface area contributed by atoms with Gasteiger partial charge in [-0.25, -0.2) is 14.4 Å². The molecule has 0 bridgehead atoms. The molecule has 1 atom stereocenters. The molecular weight excluding hydrogens is 547 g/mol. The Balaban J connectivity index is 1.42. The van der Waals surface area contributed by atoms with Gasteiger partial charge in [-0.2, -0.15) is 0 Å². The predicted molar refractivity (Wildman–Crippen MR) is 165 cm³/mol. The molecule has 1 amide bonds. The second kappa shape index (κ2) is 11.8. The zero-order valence-electron chi connectivity index (χ0n) is 24.3. The van der Waals surface area contributed by atoms with Crippen molar-refractivity contribution in [2.75, 3.05) is 30.4 Å². The van der Waals surface area contributed by atoms with Gasteiger partial charge < -0.3 is 20.1 Å². The fourth-order valence-corrected chi connectivity index (χ4v) is 5.47. The molecule has 0 radical (unpaired) electrons. The van der Waals surface area contributed by atoms with E-state index >= 15 is 0 Å². The molecule has 5 aromatic rings. The second-order valence-electron chi connectivity index (χ2n) is 10.9. The van der Waals surface area contributed by atoms with Crippen LogP contribution >= 0.6 is 0 Å². The fraction of sp³-hybridized carbons (Fsp3) is 0.281. The predicted octanol–water partition coefficient (Wildman–Crippen LogP) is 4.29. The summed E-state index contributed by atoms with van der Waals surface area (Å²) in [6.45, 7) is 5.70. The highest BCUT2D eigenvalue weighted by atomic mass is 19.1. The molecule has 2 N–H and O–H groups in total. The molecule has 5 heterocycles. The summed E-state index contributed by atoms with van der Waals surface area (Å²) in [4.78, 5) is 42.2. The zero-order valence-corrected chi connectivity index (χ0v) is 24.3. The molecule has 220 valence electrons. The van der Waals surface area contributed by atoms with E-state index in [4.69, 9.17) is 0 Å². The van der Waals surface area contributed by atoms with Crippen LogP contribution in [-0.4, -0.2) is 56.2 Å². The average Bonchev–Trinajstić information content (AvgIpc) is 3.67. The lowest BCUT2D eigenvalue weighted by molar-refractivity contribution is -0.117. The summed E-state index contributed by atoms with van der Waals surface area (Å²) in [5.74, 6) is 0.148. The number of nitrogens with zero attached hydrogens (tertiary/aromatic N) is 6. The Kier molecular flexibility index (Phi) is 7.73. The smallest absolute Gasteiger partial charge is 0.294 e. The van der Waals surface area contributed by atoms with E-state index in [2.05, 4.69) is 30.5 Å². The largest absolute Gasteiger partial charge is 0.357 e. The Morgan fingerprint density at radius 2 is 1.88 bits per heavy atom. The number of rotatable bonds is 8. The van der Waals surface area contributed by atoms with Crippen molar-refractivity contribution in [3.05, 3.63) is 94.7 Å². The lowest BCUT2D eigenvalue weighted by Gasteiger charge is -2.19. The number of anilines is 2. The normalized spacial score (nSPS) is 13.9. The quantitative estimate of drug-likeness (QED) is 0.282. The van der Waals surface area contributed by atoms with Crippen molar-refractivity contribution in [3.63, 3.8) is 0 Å². The third-order valence-electron chi connectivity index (χ3n) is 7.96. The van der Waals surface area contributed by atoms with Crippen LogP contribution in [0.5, 0.6) is 0 Å². The first-order valence-electron chi connectivity index (χ1n) is 14.3. The summed E-state index contributed by atoms with van der Waals surface area (Å²) >= 11 is 0. The van der Waals surface area contributed by atoms with Gasteiger partial charge in [-0.15, -0.1) is 0 Å². The van der Waals surface area contributed by atoms with Gasteiger partial charge in [0.05, 0.1) is 41.9 Å². The van der Waals surface area contributed by atoms with Gasteiger partial charge >= 0.3 is 0 Å². The molecular formula is C32H33FN8O2. The highest BCUT2D eigenvalue weighted by molar-refractivity contribution is 5.93. The molecule has 1 aliphatic heterocycles. The summed E-state index contributed by atoms with van der Waals surface area (Å²) in [6, 6.07) is 9.99. The number of aromatic nitrogens is 5. The minimum atomic E-state index is -0.508. The lowest BCUT2D eigenvalue weighted by Crippen LogP contribution is -2.38. The first kappa shape index (κ1) is 28.2. The van der Waals surface area contributed by atoms with Gasteiger partial charge in [-0.05, 0) is 81.3 Å². The van der Waals surface area contributed by atoms with Crippen LogP contribution in [-0.2, 0) is 11.3 Å². The maximum atomic E-state index is 13.9. The number of pyridine rings is 2. The number of amides is 1. The van der Waals surface area contributed by atoms with Crippen LogP contribution in [0.25, 0.3) is 27.8 Å². The van der Waals surface area contributed by atoms with E-state index in [0.717, 1.165) is 65.0 Å². The summed E-state index contributed by atoms with van der Waals surface area (Å²) < 4.78 is 17.5. The highest BCUT2D eigenvalue weighted by Crippen LogP contribution is 2.27. The molecule has 10 nitrogen and oxygen atoms in total. The first-order valence-corrected chi connectivity index (χ1v) is 14.3. The number of carbonyl (C=O) groups excluding carboxylic acids is 1. The van der Waals surface area contributed by atoms with E-state index in [1.54, 1.807) is 49.4 Å². The number of aryl methyl sites for hydroxylation is 1. The first-order chi connectivity index (χ1) is 20.8. The number of halogens is 1. The topological polar surface area (TPSA) is 110 Å². The SMILES string of the molecule is CNC(C)C(=O)Nc1ncc(-c2ccnc(N3CCCC3)c2)n(Cc2cncc(-n3cc(C)c4cc(F)ccc43)c2)c1=O. The van der Waals surface area contributed by atoms with Crippen molar-refractivity contribution < 1.29 is 9.18 Å². The van der Waals surface area contributed by atoms with E-state index in [-0.39, 0.29) is 24.1 Å². The average molecular weight is 581 g/mol. The standard InChI is InChI=1S/C32H33FN8O2/c1-20-18-40(27-7-6-24(33)14-26(20)27)25-12-22(15-35-16-25)19-41-28(17-37-30(32(41)43)38-31(42)21(2)34-3)23-8-9-36-29(13-23)39-10-4-5-11-39/h6-9,12-18,21,34H,4-5,10-11,19H2,1-3H3,(H,37,38,42). The highest BCUT2D eigenvalue weighted by Gasteiger charge is 2.20. The van der Waals surface area contributed by atoms with Crippen molar-refractivity contribution in [2.45, 2.75) is 39.3 Å². The minimum Gasteiger partial charge on any atom is -0.357 e. The van der Waals surface area contributed by atoms with Crippen molar-refractivity contribution in [2.24, 2.45) is 0 Å². The van der Waals surface area contributed by atoms with Crippen molar-refractivity contribution in [3.8, 4) is 16.9 Å². The van der Waals surface area contributed by atoms with Crippen LogP contribution in [0.1, 0.15) is 30.9 Å². The molecule has 0 saturated carbocycles. The number of fused-ring (bicyclic) bond motifs is 1. The van der Waals surface area contributed by atoms with Gasteiger partial charge in [0.15, 0.2) is 5.82 Å². The number of benzene rings is 1. The summed E-state index contributed by atoms with van der Waals surface area (Å²) in [5, 5.41) is 6.37. The third kappa shape index (κ3) is 5.63. The van der Waals surface area contributed by atoms with Gasteiger partial charge in [0.25, 0.3) is 5.56 Å². The Morgan fingerprint density at radius 1 is 1.07 bits per heavy atom. The molecule has 1 fully saturated rings. The van der Waals surface area contributed by atoms with E-state index < -0.39 is 11.6 Å². The van der Waals surface area contributed by atoms with Crippen LogP contribution in [0.15, 0.2) is 72.2 Å². The van der Waals surface area contributed by atoms with Gasteiger partial charge in [0.1, 0.15) is 11.6 Å². The monoisotopic (exact) mass is 580 g/mol. The maximum absolute atomic E-state index is 13.9. The Bertz CT molecular complexity index is 1880. The molecule has 0 spiro atoms. The number of carbonyl (C=O) groups is 1. The van der Waals surface area contributed by atoms with Crippen LogP contribution < -0.4 is 21.1 Å². The maximum Gasteiger partial charge on any atom is 0.294 e. The Morgan fingerprint density at radius 3 is 2.67 bits per heavy atom. The van der Waals surface area contributed by atoms with Crippen LogP contribution in [0, 0.1) is 12.7 Å². The third-order valence-corrected chi connectivity index (χ3v) is 7.96. The number of nitrogens with one attached hydrogen (secondary N) is 2. The van der Waals surface area contributed by atoms with Crippen molar-refractivity contribution >= 4 is 28.4 Å². The van der Waals surface area contributed by atoms with Crippen molar-refractivity contribution in [1.29, 1.82) is 0 Å². The second-order valence-corrected chi connectivity index (χ2v) is 10.9. The molecule has 0 aliphatic carbocycles. The zero-order chi connectivity index (χ0) is 30.1. The van der Waals surface area contributed by atoms with Crippen LogP contribution in [0.3, 0.4) is 0 Å². The molecule has 6 rings (SSSR count). The molecule has 1 aliphatic rings. The van der Waals surface area contributed by atoms with E-state index in [1.807, 2.05) is 35.9 Å². The van der Waals surface area contributed by atoms with Crippen LogP contribution in [0.2, 0.25) is 0 Å². The fourth-order valence-electron chi connectivity index (χ4n) is 5.47.